The van der Waals surface area contributed by atoms with Crippen LogP contribution in [0.1, 0.15) is 11.3 Å². The van der Waals surface area contributed by atoms with Gasteiger partial charge in [0.15, 0.2) is 0 Å². The molecule has 2 aromatic rings. The Kier molecular flexibility index (Phi) is 5.39. The molecular weight excluding hydrogens is 388 g/mol. The molecule has 6 heteroatoms. The summed E-state index contributed by atoms with van der Waals surface area (Å²) in [5.41, 5.74) is 7.45. The third-order valence-electron chi connectivity index (χ3n) is 2.65. The molecule has 4 nitrogen and oxygen atoms in total. The van der Waals surface area contributed by atoms with Crippen molar-refractivity contribution in [3.8, 4) is 11.6 Å². The molecule has 0 fully saturated rings. The molecule has 0 saturated carbocycles. The second-order valence-corrected chi connectivity index (χ2v) is 5.76. The maximum atomic E-state index is 5.80. The molecule has 2 N–H and O–H groups in total. The summed E-state index contributed by atoms with van der Waals surface area (Å²) < 4.78 is 12.6. The SMILES string of the molecule is COc1cccc(COc2c(Br)cc(CN)cc2Br)n1. The van der Waals surface area contributed by atoms with Gasteiger partial charge in [0.25, 0.3) is 0 Å². The van der Waals surface area contributed by atoms with E-state index < -0.39 is 0 Å². The molecule has 1 aromatic heterocycles. The Morgan fingerprint density at radius 3 is 2.50 bits per heavy atom. The maximum absolute atomic E-state index is 5.80. The first-order valence-electron chi connectivity index (χ1n) is 5.94. The van der Waals surface area contributed by atoms with Gasteiger partial charge in [-0.3, -0.25) is 0 Å². The van der Waals surface area contributed by atoms with Gasteiger partial charge in [-0.25, -0.2) is 4.98 Å². The first kappa shape index (κ1) is 15.3. The van der Waals surface area contributed by atoms with Crippen LogP contribution >= 0.6 is 31.9 Å². The number of nitrogens with zero attached hydrogens (tertiary/aromatic N) is 1. The zero-order valence-electron chi connectivity index (χ0n) is 10.9. The third-order valence-corrected chi connectivity index (χ3v) is 3.83. The molecule has 0 amide bonds. The van der Waals surface area contributed by atoms with E-state index in [1.807, 2.05) is 24.3 Å². The molecule has 0 spiro atoms. The second-order valence-electron chi connectivity index (χ2n) is 4.05. The van der Waals surface area contributed by atoms with E-state index in [4.69, 9.17) is 15.2 Å². The van der Waals surface area contributed by atoms with E-state index in [0.29, 0.717) is 19.0 Å². The zero-order valence-corrected chi connectivity index (χ0v) is 14.1. The van der Waals surface area contributed by atoms with Crippen molar-refractivity contribution >= 4 is 31.9 Å². The van der Waals surface area contributed by atoms with Crippen LogP contribution in [0.5, 0.6) is 11.6 Å². The predicted octanol–water partition coefficient (Wildman–Crippen LogP) is 3.65. The lowest BCUT2D eigenvalue weighted by Gasteiger charge is -2.12. The Bertz CT molecular complexity index is 582. The van der Waals surface area contributed by atoms with Crippen LogP contribution in [0.2, 0.25) is 0 Å². The summed E-state index contributed by atoms with van der Waals surface area (Å²) in [7, 11) is 1.59. The van der Waals surface area contributed by atoms with Gasteiger partial charge in [0, 0.05) is 12.6 Å². The van der Waals surface area contributed by atoms with E-state index in [1.165, 1.54) is 0 Å². The number of aromatic nitrogens is 1. The summed E-state index contributed by atoms with van der Waals surface area (Å²) in [5.74, 6) is 1.30. The van der Waals surface area contributed by atoms with E-state index in [1.54, 1.807) is 13.2 Å². The van der Waals surface area contributed by atoms with Crippen molar-refractivity contribution in [2.75, 3.05) is 7.11 Å². The molecule has 0 aliphatic heterocycles. The lowest BCUT2D eigenvalue weighted by molar-refractivity contribution is 0.294. The van der Waals surface area contributed by atoms with Gasteiger partial charge >= 0.3 is 0 Å². The van der Waals surface area contributed by atoms with E-state index >= 15 is 0 Å². The summed E-state index contributed by atoms with van der Waals surface area (Å²) in [6, 6.07) is 9.45. The van der Waals surface area contributed by atoms with Crippen LogP contribution in [-0.2, 0) is 13.2 Å². The maximum Gasteiger partial charge on any atom is 0.213 e. The lowest BCUT2D eigenvalue weighted by Crippen LogP contribution is -2.02. The molecule has 2 rings (SSSR count). The standard InChI is InChI=1S/C14H14Br2N2O2/c1-19-13-4-2-3-10(18-13)8-20-14-11(15)5-9(7-17)6-12(14)16/h2-6H,7-8,17H2,1H3. The number of hydrogen-bond acceptors (Lipinski definition) is 4. The number of benzene rings is 1. The molecule has 0 saturated heterocycles. The van der Waals surface area contributed by atoms with Crippen LogP contribution in [0.15, 0.2) is 39.3 Å². The van der Waals surface area contributed by atoms with Gasteiger partial charge in [0.1, 0.15) is 12.4 Å². The molecule has 106 valence electrons. The summed E-state index contributed by atoms with van der Waals surface area (Å²) in [6.07, 6.45) is 0. The zero-order chi connectivity index (χ0) is 14.5. The molecule has 0 atom stereocenters. The number of rotatable bonds is 5. The first-order chi connectivity index (χ1) is 9.63. The van der Waals surface area contributed by atoms with E-state index in [-0.39, 0.29) is 0 Å². The van der Waals surface area contributed by atoms with Gasteiger partial charge in [0.05, 0.1) is 21.7 Å². The van der Waals surface area contributed by atoms with Crippen molar-refractivity contribution in [3.63, 3.8) is 0 Å². The topological polar surface area (TPSA) is 57.4 Å². The van der Waals surface area contributed by atoms with Crippen molar-refractivity contribution in [1.82, 2.24) is 4.98 Å². The van der Waals surface area contributed by atoms with Crippen molar-refractivity contribution in [2.24, 2.45) is 5.73 Å². The second kappa shape index (κ2) is 7.06. The molecule has 20 heavy (non-hydrogen) atoms. The summed E-state index contributed by atoms with van der Waals surface area (Å²) in [6.45, 7) is 0.839. The number of ether oxygens (including phenoxy) is 2. The summed E-state index contributed by atoms with van der Waals surface area (Å²) in [4.78, 5) is 4.30. The van der Waals surface area contributed by atoms with Gasteiger partial charge in [0.2, 0.25) is 5.88 Å². The largest absolute Gasteiger partial charge is 0.485 e. The highest BCUT2D eigenvalue weighted by atomic mass is 79.9. The fourth-order valence-corrected chi connectivity index (χ4v) is 3.18. The predicted molar refractivity (Wildman–Crippen MR) is 84.9 cm³/mol. The monoisotopic (exact) mass is 400 g/mol. The third kappa shape index (κ3) is 3.71. The van der Waals surface area contributed by atoms with E-state index in [2.05, 4.69) is 36.8 Å². The fraction of sp³-hybridized carbons (Fsp3) is 0.214. The molecule has 0 aliphatic rings. The van der Waals surface area contributed by atoms with E-state index in [0.717, 1.165) is 26.0 Å². The van der Waals surface area contributed by atoms with Crippen LogP contribution in [0.3, 0.4) is 0 Å². The molecule has 1 aromatic carbocycles. The number of halogens is 2. The Morgan fingerprint density at radius 2 is 1.90 bits per heavy atom. The number of pyridine rings is 1. The van der Waals surface area contributed by atoms with Crippen LogP contribution in [0, 0.1) is 0 Å². The molecule has 0 unspecified atom stereocenters. The van der Waals surface area contributed by atoms with Crippen LogP contribution in [0.25, 0.3) is 0 Å². The normalized spacial score (nSPS) is 10.4. The van der Waals surface area contributed by atoms with Gasteiger partial charge in [-0.1, -0.05) is 6.07 Å². The minimum atomic E-state index is 0.358. The summed E-state index contributed by atoms with van der Waals surface area (Å²) in [5, 5.41) is 0. The first-order valence-corrected chi connectivity index (χ1v) is 7.53. The van der Waals surface area contributed by atoms with Crippen molar-refractivity contribution < 1.29 is 9.47 Å². The quantitative estimate of drug-likeness (QED) is 0.830. The minimum absolute atomic E-state index is 0.358. The van der Waals surface area contributed by atoms with Gasteiger partial charge < -0.3 is 15.2 Å². The van der Waals surface area contributed by atoms with Crippen LogP contribution in [-0.4, -0.2) is 12.1 Å². The molecular formula is C14H14Br2N2O2. The Labute approximate surface area is 134 Å². The Morgan fingerprint density at radius 1 is 1.20 bits per heavy atom. The average Bonchev–Trinajstić information content (AvgIpc) is 2.46. The molecule has 0 radical (unpaired) electrons. The molecule has 0 bridgehead atoms. The minimum Gasteiger partial charge on any atom is -0.485 e. The van der Waals surface area contributed by atoms with Gasteiger partial charge in [-0.15, -0.1) is 0 Å². The highest BCUT2D eigenvalue weighted by Gasteiger charge is 2.09. The lowest BCUT2D eigenvalue weighted by atomic mass is 10.2. The van der Waals surface area contributed by atoms with Crippen molar-refractivity contribution in [1.29, 1.82) is 0 Å². The van der Waals surface area contributed by atoms with Gasteiger partial charge in [-0.2, -0.15) is 0 Å². The molecule has 1 heterocycles. The fourth-order valence-electron chi connectivity index (χ4n) is 1.67. The number of hydrogen-bond donors (Lipinski definition) is 1. The van der Waals surface area contributed by atoms with Crippen LogP contribution in [0.4, 0.5) is 0 Å². The highest BCUT2D eigenvalue weighted by molar-refractivity contribution is 9.11. The molecule has 0 aliphatic carbocycles. The summed E-state index contributed by atoms with van der Waals surface area (Å²) >= 11 is 6.97. The number of methoxy groups -OCH3 is 1. The van der Waals surface area contributed by atoms with Crippen LogP contribution < -0.4 is 15.2 Å². The average molecular weight is 402 g/mol. The highest BCUT2D eigenvalue weighted by Crippen LogP contribution is 2.35. The van der Waals surface area contributed by atoms with E-state index in [9.17, 15) is 0 Å². The Hall–Kier alpha value is -1.11. The number of nitrogens with two attached hydrogens (primary N) is 1. The van der Waals surface area contributed by atoms with Crippen molar-refractivity contribution in [2.45, 2.75) is 13.2 Å². The van der Waals surface area contributed by atoms with Gasteiger partial charge in [-0.05, 0) is 55.6 Å². The smallest absolute Gasteiger partial charge is 0.213 e. The van der Waals surface area contributed by atoms with Crippen molar-refractivity contribution in [3.05, 3.63) is 50.5 Å². The Balaban J connectivity index is 2.14.